The van der Waals surface area contributed by atoms with Gasteiger partial charge in [0.25, 0.3) is 0 Å². The van der Waals surface area contributed by atoms with Crippen LogP contribution in [0.5, 0.6) is 11.5 Å². The number of phenols is 2. The van der Waals surface area contributed by atoms with E-state index in [0.29, 0.717) is 0 Å². The molecule has 11 rings (SSSR count). The SMILES string of the molecule is Oc1ccc(C2(c3ccc(O)c(-c4ccccc4)c3)c3c(cccc3-c3cccc4ccccc34)-c3cccc(-c4cccc5ccccc45)c32)cc1-c1ccccc1. The zero-order valence-corrected chi connectivity index (χ0v) is 32.2. The van der Waals surface area contributed by atoms with Gasteiger partial charge < -0.3 is 10.2 Å². The Hall–Kier alpha value is -7.68. The lowest BCUT2D eigenvalue weighted by atomic mass is 9.63. The summed E-state index contributed by atoms with van der Waals surface area (Å²) in [6, 6.07) is 76.5. The van der Waals surface area contributed by atoms with Crippen LogP contribution >= 0.6 is 0 Å². The van der Waals surface area contributed by atoms with E-state index in [0.717, 1.165) is 77.9 Å². The molecule has 1 aliphatic carbocycles. The third-order valence-corrected chi connectivity index (χ3v) is 12.4. The number of fused-ring (bicyclic) bond motifs is 5. The number of rotatable bonds is 6. The molecule has 0 aliphatic heterocycles. The Morgan fingerprint density at radius 3 is 1.05 bits per heavy atom. The summed E-state index contributed by atoms with van der Waals surface area (Å²) in [6.45, 7) is 0. The van der Waals surface area contributed by atoms with E-state index in [4.69, 9.17) is 0 Å². The molecular formula is C57H38O2. The Morgan fingerprint density at radius 2 is 0.610 bits per heavy atom. The zero-order valence-electron chi connectivity index (χ0n) is 32.2. The minimum absolute atomic E-state index is 0.217. The van der Waals surface area contributed by atoms with Crippen LogP contribution in [0.1, 0.15) is 22.3 Å². The van der Waals surface area contributed by atoms with Gasteiger partial charge in [0, 0.05) is 11.1 Å². The predicted octanol–water partition coefficient (Wildman–Crippen LogP) is 14.4. The molecule has 10 aromatic carbocycles. The van der Waals surface area contributed by atoms with Crippen LogP contribution in [-0.2, 0) is 5.41 Å². The molecule has 0 saturated carbocycles. The summed E-state index contributed by atoms with van der Waals surface area (Å²) < 4.78 is 0. The van der Waals surface area contributed by atoms with Crippen molar-refractivity contribution in [2.45, 2.75) is 5.41 Å². The average Bonchev–Trinajstić information content (AvgIpc) is 3.61. The fraction of sp³-hybridized carbons (Fsp3) is 0.0175. The molecule has 59 heavy (non-hydrogen) atoms. The van der Waals surface area contributed by atoms with E-state index in [1.165, 1.54) is 21.5 Å². The molecule has 0 atom stereocenters. The van der Waals surface area contributed by atoms with Gasteiger partial charge in [-0.05, 0) is 113 Å². The van der Waals surface area contributed by atoms with Crippen LogP contribution in [0.3, 0.4) is 0 Å². The van der Waals surface area contributed by atoms with Gasteiger partial charge in [0.2, 0.25) is 0 Å². The highest BCUT2D eigenvalue weighted by Crippen LogP contribution is 2.62. The molecule has 0 heterocycles. The van der Waals surface area contributed by atoms with Gasteiger partial charge in [0.1, 0.15) is 11.5 Å². The summed E-state index contributed by atoms with van der Waals surface area (Å²) in [4.78, 5) is 0. The van der Waals surface area contributed by atoms with Crippen molar-refractivity contribution in [3.8, 4) is 67.1 Å². The van der Waals surface area contributed by atoms with Crippen molar-refractivity contribution >= 4 is 21.5 Å². The van der Waals surface area contributed by atoms with Crippen LogP contribution in [-0.4, -0.2) is 10.2 Å². The Morgan fingerprint density at radius 1 is 0.271 bits per heavy atom. The van der Waals surface area contributed by atoms with Gasteiger partial charge in [-0.1, -0.05) is 194 Å². The highest BCUT2D eigenvalue weighted by Gasteiger charge is 2.50. The average molecular weight is 755 g/mol. The van der Waals surface area contributed by atoms with Crippen molar-refractivity contribution in [1.29, 1.82) is 0 Å². The molecule has 1 aliphatic rings. The quantitative estimate of drug-likeness (QED) is 0.177. The lowest BCUT2D eigenvalue weighted by Gasteiger charge is -2.37. The first kappa shape index (κ1) is 34.6. The first-order valence-electron chi connectivity index (χ1n) is 20.1. The summed E-state index contributed by atoms with van der Waals surface area (Å²) >= 11 is 0. The highest BCUT2D eigenvalue weighted by atomic mass is 16.3. The van der Waals surface area contributed by atoms with Gasteiger partial charge in [0.15, 0.2) is 0 Å². The maximum atomic E-state index is 11.7. The van der Waals surface area contributed by atoms with Gasteiger partial charge in [0.05, 0.1) is 5.41 Å². The second kappa shape index (κ2) is 13.8. The van der Waals surface area contributed by atoms with Crippen LogP contribution in [0.25, 0.3) is 77.2 Å². The molecule has 0 unspecified atom stereocenters. The summed E-state index contributed by atoms with van der Waals surface area (Å²) in [5, 5.41) is 28.0. The molecule has 10 aromatic rings. The smallest absolute Gasteiger partial charge is 0.123 e. The van der Waals surface area contributed by atoms with Crippen LogP contribution in [0.15, 0.2) is 218 Å². The molecule has 2 nitrogen and oxygen atoms in total. The number of aromatic hydroxyl groups is 2. The topological polar surface area (TPSA) is 40.5 Å². The second-order valence-electron chi connectivity index (χ2n) is 15.5. The van der Waals surface area contributed by atoms with E-state index in [2.05, 4.69) is 170 Å². The number of phenolic OH excluding ortho intramolecular Hbond substituents is 2. The number of benzene rings is 10. The van der Waals surface area contributed by atoms with E-state index in [-0.39, 0.29) is 11.5 Å². The molecule has 0 fully saturated rings. The van der Waals surface area contributed by atoms with E-state index in [1.54, 1.807) is 0 Å². The largest absolute Gasteiger partial charge is 0.507 e. The molecule has 0 radical (unpaired) electrons. The molecule has 0 saturated heterocycles. The summed E-state index contributed by atoms with van der Waals surface area (Å²) in [7, 11) is 0. The maximum Gasteiger partial charge on any atom is 0.123 e. The Balaban J connectivity index is 1.36. The Kier molecular flexibility index (Phi) is 8.06. The molecular weight excluding hydrogens is 717 g/mol. The zero-order chi connectivity index (χ0) is 39.5. The fourth-order valence-electron chi connectivity index (χ4n) is 9.84. The molecule has 278 valence electrons. The third-order valence-electron chi connectivity index (χ3n) is 12.4. The third kappa shape index (κ3) is 5.34. The van der Waals surface area contributed by atoms with E-state index in [9.17, 15) is 10.2 Å². The van der Waals surface area contributed by atoms with Crippen LogP contribution in [0, 0.1) is 0 Å². The predicted molar refractivity (Wildman–Crippen MR) is 244 cm³/mol. The number of hydrogen-bond acceptors (Lipinski definition) is 2. The molecule has 0 bridgehead atoms. The van der Waals surface area contributed by atoms with Gasteiger partial charge in [-0.2, -0.15) is 0 Å². The minimum Gasteiger partial charge on any atom is -0.507 e. The van der Waals surface area contributed by atoms with Crippen LogP contribution in [0.2, 0.25) is 0 Å². The first-order chi connectivity index (χ1) is 29.1. The second-order valence-corrected chi connectivity index (χ2v) is 15.5. The highest BCUT2D eigenvalue weighted by molar-refractivity contribution is 6.05. The molecule has 0 amide bonds. The van der Waals surface area contributed by atoms with Gasteiger partial charge in [-0.3, -0.25) is 0 Å². The van der Waals surface area contributed by atoms with Crippen molar-refractivity contribution in [3.05, 3.63) is 241 Å². The van der Waals surface area contributed by atoms with Crippen molar-refractivity contribution in [2.75, 3.05) is 0 Å². The Labute approximate surface area is 343 Å². The summed E-state index contributed by atoms with van der Waals surface area (Å²) in [6.07, 6.45) is 0. The van der Waals surface area contributed by atoms with Crippen molar-refractivity contribution in [1.82, 2.24) is 0 Å². The van der Waals surface area contributed by atoms with Crippen LogP contribution in [0.4, 0.5) is 0 Å². The van der Waals surface area contributed by atoms with Crippen molar-refractivity contribution in [2.24, 2.45) is 0 Å². The maximum absolute atomic E-state index is 11.7. The van der Waals surface area contributed by atoms with Crippen LogP contribution < -0.4 is 0 Å². The van der Waals surface area contributed by atoms with Gasteiger partial charge in [-0.15, -0.1) is 0 Å². The fourth-order valence-corrected chi connectivity index (χ4v) is 9.84. The molecule has 0 spiro atoms. The minimum atomic E-state index is -0.944. The number of hydrogen-bond donors (Lipinski definition) is 2. The van der Waals surface area contributed by atoms with Crippen molar-refractivity contribution in [3.63, 3.8) is 0 Å². The van der Waals surface area contributed by atoms with Gasteiger partial charge in [-0.25, -0.2) is 0 Å². The Bertz CT molecular complexity index is 3010. The lowest BCUT2D eigenvalue weighted by Crippen LogP contribution is -2.30. The summed E-state index contributed by atoms with van der Waals surface area (Å²) in [5.41, 5.74) is 13.6. The standard InChI is InChI=1S/C57H38O2/c58-53-33-31-41(35-51(53)39-15-3-1-4-16-39)57(42-32-34-54(59)52(36-42)40-17-5-2-6-18-40)55-47(45-25-11-21-37-19-7-9-23-43(37)45)27-13-29-49(55)50-30-14-28-48(56(50)57)46-26-12-22-38-20-8-10-24-44(38)46/h1-36,58-59H. The monoisotopic (exact) mass is 754 g/mol. The molecule has 0 aromatic heterocycles. The van der Waals surface area contributed by atoms with Gasteiger partial charge >= 0.3 is 0 Å². The first-order valence-corrected chi connectivity index (χ1v) is 20.1. The lowest BCUT2D eigenvalue weighted by molar-refractivity contribution is 0.477. The molecule has 2 N–H and O–H groups in total. The molecule has 2 heteroatoms. The normalized spacial score (nSPS) is 12.7. The summed E-state index contributed by atoms with van der Waals surface area (Å²) in [5.74, 6) is 0.433. The van der Waals surface area contributed by atoms with E-state index >= 15 is 0 Å². The van der Waals surface area contributed by atoms with E-state index < -0.39 is 5.41 Å². The van der Waals surface area contributed by atoms with E-state index in [1.807, 2.05) is 48.5 Å². The van der Waals surface area contributed by atoms with Crippen molar-refractivity contribution < 1.29 is 10.2 Å².